The molecule has 0 aliphatic carbocycles. The Balaban J connectivity index is 0.000000371. The van der Waals surface area contributed by atoms with E-state index in [1.165, 1.54) is 13.2 Å². The number of benzene rings is 4. The molecular weight excluding hydrogens is 554 g/mol. The molecule has 2 N–H and O–H groups in total. The molecular formula is C29H25Cl2NaO7. The minimum absolute atomic E-state index is 0. The Labute approximate surface area is 258 Å². The maximum Gasteiger partial charge on any atom is 1.00 e. The Morgan fingerprint density at radius 1 is 0.692 bits per heavy atom. The fourth-order valence-electron chi connectivity index (χ4n) is 3.24. The number of aromatic carboxylic acids is 1. The third kappa shape index (κ3) is 10.9. The monoisotopic (exact) mass is 578 g/mol. The van der Waals surface area contributed by atoms with Crippen molar-refractivity contribution in [3.63, 3.8) is 0 Å². The summed E-state index contributed by atoms with van der Waals surface area (Å²) < 4.78 is 15.9. The Morgan fingerprint density at radius 2 is 1.10 bits per heavy atom. The summed E-state index contributed by atoms with van der Waals surface area (Å²) in [6.45, 7) is 0.432. The molecule has 0 spiro atoms. The van der Waals surface area contributed by atoms with E-state index in [0.717, 1.165) is 5.75 Å². The van der Waals surface area contributed by atoms with Crippen LogP contribution < -0.4 is 39.0 Å². The first-order valence-corrected chi connectivity index (χ1v) is 11.9. The van der Waals surface area contributed by atoms with E-state index >= 15 is 0 Å². The zero-order chi connectivity index (χ0) is 26.6. The predicted octanol–water partition coefficient (Wildman–Crippen LogP) is 4.15. The second-order valence-corrected chi connectivity index (χ2v) is 8.48. The number of halogens is 2. The molecule has 39 heavy (non-hydrogen) atoms. The number of hydrogen-bond acceptors (Lipinski definition) is 6. The number of carboxylic acids is 1. The van der Waals surface area contributed by atoms with Crippen LogP contribution in [0.15, 0.2) is 97.1 Å². The summed E-state index contributed by atoms with van der Waals surface area (Å²) in [6, 6.07) is 28.2. The van der Waals surface area contributed by atoms with Gasteiger partial charge in [-0.15, -0.1) is 0 Å². The molecule has 0 bridgehead atoms. The van der Waals surface area contributed by atoms with Crippen molar-refractivity contribution in [1.29, 1.82) is 0 Å². The number of carbonyl (C=O) groups is 2. The molecule has 0 radical (unpaired) electrons. The summed E-state index contributed by atoms with van der Waals surface area (Å²) in [5, 5.41) is 10.1. The van der Waals surface area contributed by atoms with E-state index in [-0.39, 0.29) is 53.8 Å². The molecule has 0 aromatic heterocycles. The van der Waals surface area contributed by atoms with Crippen LogP contribution in [-0.4, -0.2) is 29.6 Å². The number of para-hydroxylation sites is 2. The van der Waals surface area contributed by atoms with Gasteiger partial charge in [-0.2, -0.15) is 0 Å². The van der Waals surface area contributed by atoms with Crippen LogP contribution in [0.5, 0.6) is 11.5 Å². The Hall–Kier alpha value is -3.04. The molecule has 0 unspecified atom stereocenters. The first-order chi connectivity index (χ1) is 17.9. The van der Waals surface area contributed by atoms with Crippen LogP contribution in [0.25, 0.3) is 0 Å². The fraction of sp³-hybridized carbons (Fsp3) is 0.103. The third-order valence-electron chi connectivity index (χ3n) is 5.05. The van der Waals surface area contributed by atoms with Gasteiger partial charge in [-0.25, -0.2) is 9.59 Å². The summed E-state index contributed by atoms with van der Waals surface area (Å²) in [7, 11) is 1.35. The average molecular weight is 579 g/mol. The largest absolute Gasteiger partial charge is 1.00 e. The summed E-state index contributed by atoms with van der Waals surface area (Å²) in [5.41, 5.74) is 1.92. The van der Waals surface area contributed by atoms with Crippen LogP contribution in [0.1, 0.15) is 31.8 Å². The van der Waals surface area contributed by atoms with E-state index in [2.05, 4.69) is 0 Å². The third-order valence-corrected chi connectivity index (χ3v) is 5.52. The molecule has 0 aliphatic heterocycles. The molecule has 0 saturated heterocycles. The fourth-order valence-corrected chi connectivity index (χ4v) is 3.63. The van der Waals surface area contributed by atoms with Gasteiger partial charge in [0.05, 0.1) is 18.2 Å². The van der Waals surface area contributed by atoms with Gasteiger partial charge in [0.15, 0.2) is 0 Å². The van der Waals surface area contributed by atoms with Crippen LogP contribution in [-0.2, 0) is 18.0 Å². The van der Waals surface area contributed by atoms with Crippen molar-refractivity contribution in [2.75, 3.05) is 7.11 Å². The standard InChI is InChI=1S/C15H13ClO3.C14H11ClO3.Na.H2O/c1-18-15(17)14-8-7-12(16)9-11(14)10-19-13-5-3-2-4-6-13;15-11-6-7-13(14(16)17)10(8-11)9-18-12-4-2-1-3-5-12;;/h2-9H,10H2,1H3;1-8H,9H2,(H,16,17);;1H2/q;;+1;/p-1. The number of hydrogen-bond donors (Lipinski definition) is 1. The summed E-state index contributed by atoms with van der Waals surface area (Å²) in [6.07, 6.45) is 0. The summed E-state index contributed by atoms with van der Waals surface area (Å²) in [4.78, 5) is 22.7. The minimum atomic E-state index is -0.988. The molecule has 0 saturated carbocycles. The van der Waals surface area contributed by atoms with Gasteiger partial charge in [-0.3, -0.25) is 0 Å². The van der Waals surface area contributed by atoms with Crippen molar-refractivity contribution in [3.8, 4) is 11.5 Å². The molecule has 0 heterocycles. The molecule has 198 valence electrons. The van der Waals surface area contributed by atoms with Gasteiger partial charge in [0.1, 0.15) is 24.7 Å². The van der Waals surface area contributed by atoms with Crippen molar-refractivity contribution in [2.24, 2.45) is 0 Å². The number of rotatable bonds is 8. The summed E-state index contributed by atoms with van der Waals surface area (Å²) in [5.74, 6) is 0.0359. The van der Waals surface area contributed by atoms with Crippen molar-refractivity contribution in [2.45, 2.75) is 13.2 Å². The van der Waals surface area contributed by atoms with E-state index in [1.807, 2.05) is 60.7 Å². The first kappa shape index (κ1) is 34.0. The predicted molar refractivity (Wildman–Crippen MR) is 145 cm³/mol. The van der Waals surface area contributed by atoms with Crippen molar-refractivity contribution < 1.29 is 63.9 Å². The summed E-state index contributed by atoms with van der Waals surface area (Å²) >= 11 is 11.8. The van der Waals surface area contributed by atoms with Crippen molar-refractivity contribution >= 4 is 35.1 Å². The van der Waals surface area contributed by atoms with Gasteiger partial charge in [-0.05, 0) is 60.7 Å². The van der Waals surface area contributed by atoms with Gasteiger partial charge in [0.2, 0.25) is 0 Å². The minimum Gasteiger partial charge on any atom is -0.870 e. The number of methoxy groups -OCH3 is 1. The molecule has 7 nitrogen and oxygen atoms in total. The van der Waals surface area contributed by atoms with Gasteiger partial charge in [-0.1, -0.05) is 59.6 Å². The number of carbonyl (C=O) groups excluding carboxylic acids is 1. The van der Waals surface area contributed by atoms with E-state index < -0.39 is 11.9 Å². The molecule has 4 rings (SSSR count). The van der Waals surface area contributed by atoms with Gasteiger partial charge >= 0.3 is 41.5 Å². The topological polar surface area (TPSA) is 112 Å². The molecule has 4 aromatic rings. The van der Waals surface area contributed by atoms with E-state index in [9.17, 15) is 9.59 Å². The number of ether oxygens (including phenoxy) is 3. The second kappa shape index (κ2) is 17.5. The smallest absolute Gasteiger partial charge is 0.870 e. The Bertz CT molecular complexity index is 1340. The van der Waals surface area contributed by atoms with Crippen LogP contribution in [0.4, 0.5) is 0 Å². The van der Waals surface area contributed by atoms with Crippen LogP contribution in [0, 0.1) is 0 Å². The number of carboxylic acid groups (broad SMARTS) is 1. The van der Waals surface area contributed by atoms with Crippen molar-refractivity contribution in [1.82, 2.24) is 0 Å². The number of esters is 1. The maximum absolute atomic E-state index is 11.6. The van der Waals surface area contributed by atoms with Crippen molar-refractivity contribution in [3.05, 3.63) is 129 Å². The average Bonchev–Trinajstić information content (AvgIpc) is 2.92. The zero-order valence-electron chi connectivity index (χ0n) is 21.3. The molecule has 0 atom stereocenters. The quantitative estimate of drug-likeness (QED) is 0.247. The first-order valence-electron chi connectivity index (χ1n) is 11.1. The van der Waals surface area contributed by atoms with Gasteiger partial charge < -0.3 is 24.8 Å². The maximum atomic E-state index is 11.6. The molecule has 4 aromatic carbocycles. The van der Waals surface area contributed by atoms with E-state index in [4.69, 9.17) is 42.5 Å². The normalized spacial score (nSPS) is 9.51. The van der Waals surface area contributed by atoms with Gasteiger partial charge in [0.25, 0.3) is 0 Å². The SMILES string of the molecule is COC(=O)c1ccc(Cl)cc1COc1ccccc1.O=C(O)c1ccc(Cl)cc1COc1ccccc1.[Na+].[OH-]. The Morgan fingerprint density at radius 3 is 1.51 bits per heavy atom. The Kier molecular flexibility index (Phi) is 15.3. The molecule has 0 fully saturated rings. The van der Waals surface area contributed by atoms with Crippen LogP contribution in [0.3, 0.4) is 0 Å². The van der Waals surface area contributed by atoms with Crippen LogP contribution in [0.2, 0.25) is 10.0 Å². The zero-order valence-corrected chi connectivity index (χ0v) is 24.9. The van der Waals surface area contributed by atoms with Crippen LogP contribution >= 0.6 is 23.2 Å². The molecule has 10 heteroatoms. The van der Waals surface area contributed by atoms with E-state index in [0.29, 0.717) is 32.5 Å². The molecule has 0 aliphatic rings. The van der Waals surface area contributed by atoms with Gasteiger partial charge in [0, 0.05) is 21.2 Å². The molecule has 0 amide bonds. The second-order valence-electron chi connectivity index (χ2n) is 7.60. The van der Waals surface area contributed by atoms with E-state index in [1.54, 1.807) is 30.3 Å².